The second kappa shape index (κ2) is 6.37. The van der Waals surface area contributed by atoms with Crippen LogP contribution in [0.4, 0.5) is 0 Å². The Hall–Kier alpha value is -2.40. The van der Waals surface area contributed by atoms with Gasteiger partial charge in [-0.25, -0.2) is 0 Å². The standard InChI is InChI=1S/C16H19N5/c1-13(12-21-9-5-8-19-21)17-10-15-11-18-20-16(15)14-6-3-2-4-7-14/h2-9,11,13,17H,10,12H2,1H3,(H,18,20). The van der Waals surface area contributed by atoms with Crippen LogP contribution >= 0.6 is 0 Å². The lowest BCUT2D eigenvalue weighted by atomic mass is 10.1. The minimum Gasteiger partial charge on any atom is -0.308 e. The van der Waals surface area contributed by atoms with Crippen LogP contribution in [0.3, 0.4) is 0 Å². The Kier molecular flexibility index (Phi) is 4.12. The summed E-state index contributed by atoms with van der Waals surface area (Å²) in [5, 5.41) is 15.0. The molecule has 0 aliphatic heterocycles. The summed E-state index contributed by atoms with van der Waals surface area (Å²) in [6.07, 6.45) is 5.66. The highest BCUT2D eigenvalue weighted by molar-refractivity contribution is 5.62. The van der Waals surface area contributed by atoms with E-state index >= 15 is 0 Å². The molecule has 0 amide bonds. The van der Waals surface area contributed by atoms with Gasteiger partial charge in [-0.15, -0.1) is 0 Å². The van der Waals surface area contributed by atoms with Crippen LogP contribution in [-0.4, -0.2) is 26.0 Å². The minimum atomic E-state index is 0.337. The molecule has 21 heavy (non-hydrogen) atoms. The Labute approximate surface area is 124 Å². The van der Waals surface area contributed by atoms with E-state index in [9.17, 15) is 0 Å². The predicted octanol–water partition coefficient (Wildman–Crippen LogP) is 2.45. The summed E-state index contributed by atoms with van der Waals surface area (Å²) in [5.74, 6) is 0. The predicted molar refractivity (Wildman–Crippen MR) is 82.6 cm³/mol. The fourth-order valence-electron chi connectivity index (χ4n) is 2.34. The van der Waals surface area contributed by atoms with Gasteiger partial charge in [0.25, 0.3) is 0 Å². The molecular weight excluding hydrogens is 262 g/mol. The number of aromatic amines is 1. The number of nitrogens with one attached hydrogen (secondary N) is 2. The molecule has 5 heteroatoms. The largest absolute Gasteiger partial charge is 0.308 e. The molecular formula is C16H19N5. The van der Waals surface area contributed by atoms with E-state index in [0.717, 1.165) is 24.3 Å². The summed E-state index contributed by atoms with van der Waals surface area (Å²) < 4.78 is 1.94. The van der Waals surface area contributed by atoms with Gasteiger partial charge < -0.3 is 5.32 Å². The molecule has 0 aliphatic carbocycles. The third-order valence-electron chi connectivity index (χ3n) is 3.44. The van der Waals surface area contributed by atoms with E-state index in [-0.39, 0.29) is 0 Å². The molecule has 0 spiro atoms. The molecule has 1 unspecified atom stereocenters. The van der Waals surface area contributed by atoms with Gasteiger partial charge in [0, 0.05) is 30.5 Å². The third kappa shape index (κ3) is 3.38. The van der Waals surface area contributed by atoms with Gasteiger partial charge in [0.2, 0.25) is 0 Å². The first-order chi connectivity index (χ1) is 10.3. The molecule has 3 aromatic rings. The van der Waals surface area contributed by atoms with Crippen molar-refractivity contribution in [3.63, 3.8) is 0 Å². The molecule has 2 aromatic heterocycles. The highest BCUT2D eigenvalue weighted by Crippen LogP contribution is 2.20. The number of hydrogen-bond donors (Lipinski definition) is 2. The van der Waals surface area contributed by atoms with Crippen LogP contribution in [0, 0.1) is 0 Å². The van der Waals surface area contributed by atoms with Crippen molar-refractivity contribution in [3.05, 3.63) is 60.6 Å². The van der Waals surface area contributed by atoms with E-state index in [2.05, 4.69) is 39.7 Å². The van der Waals surface area contributed by atoms with Gasteiger partial charge in [0.05, 0.1) is 18.4 Å². The molecule has 0 aliphatic rings. The highest BCUT2D eigenvalue weighted by atomic mass is 15.3. The molecule has 0 fully saturated rings. The van der Waals surface area contributed by atoms with Gasteiger partial charge >= 0.3 is 0 Å². The van der Waals surface area contributed by atoms with E-state index in [1.807, 2.05) is 41.3 Å². The van der Waals surface area contributed by atoms with Gasteiger partial charge in [-0.3, -0.25) is 9.78 Å². The quantitative estimate of drug-likeness (QED) is 0.729. The van der Waals surface area contributed by atoms with Crippen molar-refractivity contribution < 1.29 is 0 Å². The molecule has 2 heterocycles. The van der Waals surface area contributed by atoms with Gasteiger partial charge in [-0.1, -0.05) is 30.3 Å². The van der Waals surface area contributed by atoms with Crippen LogP contribution in [0.5, 0.6) is 0 Å². The van der Waals surface area contributed by atoms with Crippen LogP contribution in [-0.2, 0) is 13.1 Å². The topological polar surface area (TPSA) is 58.5 Å². The molecule has 1 atom stereocenters. The zero-order valence-electron chi connectivity index (χ0n) is 12.0. The summed E-state index contributed by atoms with van der Waals surface area (Å²) >= 11 is 0. The molecule has 0 bridgehead atoms. The van der Waals surface area contributed by atoms with Gasteiger partial charge in [0.15, 0.2) is 0 Å². The molecule has 0 radical (unpaired) electrons. The van der Waals surface area contributed by atoms with Crippen molar-refractivity contribution in [2.24, 2.45) is 0 Å². The maximum absolute atomic E-state index is 4.22. The number of H-pyrrole nitrogens is 1. The average molecular weight is 281 g/mol. The van der Waals surface area contributed by atoms with Crippen LogP contribution in [0.25, 0.3) is 11.3 Å². The Bertz CT molecular complexity index is 657. The Balaban J connectivity index is 1.62. The van der Waals surface area contributed by atoms with Gasteiger partial charge in [0.1, 0.15) is 0 Å². The summed E-state index contributed by atoms with van der Waals surface area (Å²) in [5.41, 5.74) is 3.41. The maximum Gasteiger partial charge on any atom is 0.0695 e. The number of nitrogens with zero attached hydrogens (tertiary/aromatic N) is 3. The fraction of sp³-hybridized carbons (Fsp3) is 0.250. The number of rotatable bonds is 6. The number of aromatic nitrogens is 4. The number of benzene rings is 1. The van der Waals surface area contributed by atoms with E-state index in [0.29, 0.717) is 6.04 Å². The lowest BCUT2D eigenvalue weighted by Gasteiger charge is -2.14. The highest BCUT2D eigenvalue weighted by Gasteiger charge is 2.09. The van der Waals surface area contributed by atoms with Crippen LogP contribution in [0.2, 0.25) is 0 Å². The molecule has 0 saturated carbocycles. The zero-order valence-corrected chi connectivity index (χ0v) is 12.0. The normalized spacial score (nSPS) is 12.4. The lowest BCUT2D eigenvalue weighted by molar-refractivity contribution is 0.451. The Morgan fingerprint density at radius 3 is 2.86 bits per heavy atom. The van der Waals surface area contributed by atoms with E-state index < -0.39 is 0 Å². The van der Waals surface area contributed by atoms with Gasteiger partial charge in [-0.2, -0.15) is 10.2 Å². The van der Waals surface area contributed by atoms with E-state index in [4.69, 9.17) is 0 Å². The van der Waals surface area contributed by atoms with Crippen molar-refractivity contribution in [3.8, 4) is 11.3 Å². The second-order valence-electron chi connectivity index (χ2n) is 5.15. The van der Waals surface area contributed by atoms with Crippen LogP contribution in [0.1, 0.15) is 12.5 Å². The molecule has 1 aromatic carbocycles. The summed E-state index contributed by atoms with van der Waals surface area (Å²) in [7, 11) is 0. The molecule has 3 rings (SSSR count). The first-order valence-corrected chi connectivity index (χ1v) is 7.11. The maximum atomic E-state index is 4.22. The first kappa shape index (κ1) is 13.6. The minimum absolute atomic E-state index is 0.337. The summed E-state index contributed by atoms with van der Waals surface area (Å²) in [6, 6.07) is 12.5. The van der Waals surface area contributed by atoms with Crippen molar-refractivity contribution in [2.45, 2.75) is 26.1 Å². The molecule has 5 nitrogen and oxygen atoms in total. The zero-order chi connectivity index (χ0) is 14.5. The number of hydrogen-bond acceptors (Lipinski definition) is 3. The molecule has 2 N–H and O–H groups in total. The Morgan fingerprint density at radius 2 is 2.10 bits per heavy atom. The molecule has 0 saturated heterocycles. The summed E-state index contributed by atoms with van der Waals surface area (Å²) in [6.45, 7) is 3.79. The van der Waals surface area contributed by atoms with E-state index in [1.165, 1.54) is 5.56 Å². The SMILES string of the molecule is CC(Cn1cccn1)NCc1cn[nH]c1-c1ccccc1. The smallest absolute Gasteiger partial charge is 0.0695 e. The van der Waals surface area contributed by atoms with Crippen LogP contribution in [0.15, 0.2) is 55.0 Å². The van der Waals surface area contributed by atoms with Crippen molar-refractivity contribution >= 4 is 0 Å². The van der Waals surface area contributed by atoms with E-state index in [1.54, 1.807) is 6.20 Å². The Morgan fingerprint density at radius 1 is 1.24 bits per heavy atom. The van der Waals surface area contributed by atoms with Gasteiger partial charge in [-0.05, 0) is 18.6 Å². The van der Waals surface area contributed by atoms with Crippen molar-refractivity contribution in [2.75, 3.05) is 0 Å². The first-order valence-electron chi connectivity index (χ1n) is 7.11. The lowest BCUT2D eigenvalue weighted by Crippen LogP contribution is -2.30. The van der Waals surface area contributed by atoms with Crippen molar-refractivity contribution in [1.29, 1.82) is 0 Å². The third-order valence-corrected chi connectivity index (χ3v) is 3.44. The average Bonchev–Trinajstić information content (AvgIpc) is 3.17. The summed E-state index contributed by atoms with van der Waals surface area (Å²) in [4.78, 5) is 0. The fourth-order valence-corrected chi connectivity index (χ4v) is 2.34. The second-order valence-corrected chi connectivity index (χ2v) is 5.15. The molecule has 108 valence electrons. The van der Waals surface area contributed by atoms with Crippen molar-refractivity contribution in [1.82, 2.24) is 25.3 Å². The van der Waals surface area contributed by atoms with Crippen LogP contribution < -0.4 is 5.32 Å². The monoisotopic (exact) mass is 281 g/mol.